The molecule has 0 unspecified atom stereocenters. The lowest BCUT2D eigenvalue weighted by atomic mass is 9.93. The van der Waals surface area contributed by atoms with Gasteiger partial charge in [-0.15, -0.1) is 0 Å². The molecule has 0 spiro atoms. The van der Waals surface area contributed by atoms with Crippen LogP contribution >= 0.6 is 0 Å². The molecule has 1 heterocycles. The van der Waals surface area contributed by atoms with Gasteiger partial charge in [-0.05, 0) is 80.0 Å². The number of nitrogens with zero attached hydrogens (tertiary/aromatic N) is 1. The number of aromatic nitrogens is 1. The Morgan fingerprint density at radius 1 is 1.02 bits per heavy atom. The van der Waals surface area contributed by atoms with Crippen molar-refractivity contribution in [3.05, 3.63) is 70.9 Å². The molecule has 3 N–H and O–H groups in total. The molecule has 2 aliphatic rings. The Kier molecular flexibility index (Phi) is 8.47. The number of hydrogen-bond donors (Lipinski definition) is 3. The summed E-state index contributed by atoms with van der Waals surface area (Å²) in [5, 5.41) is 16.9. The highest BCUT2D eigenvalue weighted by Gasteiger charge is 2.42. The number of ether oxygens (including phenoxy) is 1. The van der Waals surface area contributed by atoms with Gasteiger partial charge in [0.05, 0.1) is 6.61 Å². The minimum absolute atomic E-state index is 0.201. The van der Waals surface area contributed by atoms with Crippen LogP contribution in [-0.2, 0) is 21.4 Å². The minimum atomic E-state index is -1.05. The van der Waals surface area contributed by atoms with Crippen molar-refractivity contribution < 1.29 is 29.0 Å². The third-order valence-corrected chi connectivity index (χ3v) is 8.58. The number of rotatable bonds is 9. The monoisotopic (exact) mass is 571 g/mol. The molecule has 0 saturated heterocycles. The molecule has 9 heteroatoms. The van der Waals surface area contributed by atoms with E-state index in [1.165, 1.54) is 6.08 Å². The maximum atomic E-state index is 13.6. The second kappa shape index (κ2) is 12.2. The molecule has 0 atom stereocenters. The van der Waals surface area contributed by atoms with E-state index in [1.54, 1.807) is 61.0 Å². The normalized spacial score (nSPS) is 16.6. The first-order valence-corrected chi connectivity index (χ1v) is 14.7. The second-order valence-electron chi connectivity index (χ2n) is 11.2. The highest BCUT2D eigenvalue weighted by atomic mass is 16.5. The van der Waals surface area contributed by atoms with Crippen LogP contribution in [0.2, 0.25) is 0 Å². The van der Waals surface area contributed by atoms with Crippen molar-refractivity contribution in [2.24, 2.45) is 7.05 Å². The summed E-state index contributed by atoms with van der Waals surface area (Å²) >= 11 is 0. The Bertz CT molecular complexity index is 1540. The number of anilines is 1. The van der Waals surface area contributed by atoms with Crippen molar-refractivity contribution in [3.63, 3.8) is 0 Å². The van der Waals surface area contributed by atoms with Gasteiger partial charge in [0.15, 0.2) is 0 Å². The maximum Gasteiger partial charge on any atom is 0.352 e. The molecule has 220 valence electrons. The Labute approximate surface area is 244 Å². The Morgan fingerprint density at radius 2 is 1.71 bits per heavy atom. The molecule has 3 aromatic rings. The molecule has 42 heavy (non-hydrogen) atoms. The van der Waals surface area contributed by atoms with Crippen LogP contribution in [0.3, 0.4) is 0 Å². The molecular formula is C33H37N3O6. The summed E-state index contributed by atoms with van der Waals surface area (Å²) in [6, 6.07) is 12.4. The lowest BCUT2D eigenvalue weighted by Gasteiger charge is -2.29. The van der Waals surface area contributed by atoms with Gasteiger partial charge in [0, 0.05) is 35.3 Å². The molecule has 2 aliphatic carbocycles. The third kappa shape index (κ3) is 5.82. The third-order valence-electron chi connectivity index (χ3n) is 8.58. The number of aromatic carboxylic acids is 1. The predicted octanol–water partition coefficient (Wildman–Crippen LogP) is 5.79. The van der Waals surface area contributed by atoms with E-state index in [4.69, 9.17) is 4.74 Å². The van der Waals surface area contributed by atoms with Crippen molar-refractivity contribution in [2.45, 2.75) is 69.7 Å². The molecule has 2 fully saturated rings. The zero-order valence-electron chi connectivity index (χ0n) is 24.1. The van der Waals surface area contributed by atoms with Gasteiger partial charge in [-0.1, -0.05) is 43.9 Å². The van der Waals surface area contributed by atoms with Gasteiger partial charge >= 0.3 is 11.9 Å². The van der Waals surface area contributed by atoms with E-state index in [0.29, 0.717) is 36.2 Å². The van der Waals surface area contributed by atoms with Crippen LogP contribution in [-0.4, -0.2) is 45.6 Å². The summed E-state index contributed by atoms with van der Waals surface area (Å²) < 4.78 is 6.57. The molecule has 5 rings (SSSR count). The van der Waals surface area contributed by atoms with Crippen LogP contribution in [0, 0.1) is 0 Å². The summed E-state index contributed by atoms with van der Waals surface area (Å²) in [7, 11) is 1.73. The van der Waals surface area contributed by atoms with Crippen LogP contribution in [0.15, 0.2) is 48.5 Å². The fraction of sp³-hybridized carbons (Fsp3) is 0.394. The number of hydrogen-bond acceptors (Lipinski definition) is 5. The first-order valence-electron chi connectivity index (χ1n) is 14.7. The van der Waals surface area contributed by atoms with Gasteiger partial charge in [-0.3, -0.25) is 9.59 Å². The predicted molar refractivity (Wildman–Crippen MR) is 160 cm³/mol. The van der Waals surface area contributed by atoms with Crippen molar-refractivity contribution in [1.29, 1.82) is 0 Å². The smallest absolute Gasteiger partial charge is 0.352 e. The van der Waals surface area contributed by atoms with Crippen molar-refractivity contribution in [1.82, 2.24) is 9.88 Å². The van der Waals surface area contributed by atoms with Crippen molar-refractivity contribution in [2.75, 3.05) is 11.9 Å². The zero-order chi connectivity index (χ0) is 29.9. The topological polar surface area (TPSA) is 127 Å². The summed E-state index contributed by atoms with van der Waals surface area (Å²) in [5.41, 5.74) is 2.54. The van der Waals surface area contributed by atoms with E-state index in [1.807, 2.05) is 6.07 Å². The van der Waals surface area contributed by atoms with E-state index in [-0.39, 0.29) is 23.4 Å². The van der Waals surface area contributed by atoms with E-state index >= 15 is 0 Å². The summed E-state index contributed by atoms with van der Waals surface area (Å²) in [6.07, 6.45) is 9.76. The average Bonchev–Trinajstić information content (AvgIpc) is 3.73. The number of carbonyl (C=O) groups excluding carboxylic acids is 3. The Hall–Kier alpha value is -4.40. The van der Waals surface area contributed by atoms with Crippen LogP contribution in [0.25, 0.3) is 17.0 Å². The molecule has 0 radical (unpaired) electrons. The van der Waals surface area contributed by atoms with E-state index < -0.39 is 17.5 Å². The molecule has 2 aromatic carbocycles. The van der Waals surface area contributed by atoms with Crippen LogP contribution in [0.5, 0.6) is 0 Å². The molecule has 0 aliphatic heterocycles. The maximum absolute atomic E-state index is 13.6. The quantitative estimate of drug-likeness (QED) is 0.220. The number of nitrogens with one attached hydrogen (secondary N) is 2. The van der Waals surface area contributed by atoms with Gasteiger partial charge in [-0.2, -0.15) is 0 Å². The number of carbonyl (C=O) groups is 4. The van der Waals surface area contributed by atoms with Crippen LogP contribution in [0.1, 0.15) is 96.2 Å². The zero-order valence-corrected chi connectivity index (χ0v) is 24.1. The van der Waals surface area contributed by atoms with Crippen molar-refractivity contribution in [3.8, 4) is 0 Å². The Balaban J connectivity index is 1.34. The first kappa shape index (κ1) is 29.1. The SMILES string of the molecule is CCOC(=O)C=Cc1ccc(NC(=O)C2(NC(=O)c3ccc4c(C5CCCC5)c(C(=O)O)n(C)c4c3)CCCC2)cc1. The van der Waals surface area contributed by atoms with Gasteiger partial charge in [0.1, 0.15) is 11.2 Å². The second-order valence-corrected chi connectivity index (χ2v) is 11.2. The number of aryl methyl sites for hydroxylation is 1. The van der Waals surface area contributed by atoms with Crippen molar-refractivity contribution >= 4 is 46.4 Å². The lowest BCUT2D eigenvalue weighted by molar-refractivity contribution is -0.137. The van der Waals surface area contributed by atoms with Crippen LogP contribution < -0.4 is 10.6 Å². The standard InChI is InChI=1S/C33H37N3O6/c1-3-42-27(37)17-12-21-10-14-24(15-11-21)34-32(41)33(18-6-7-19-33)35-30(38)23-13-16-25-26(20-23)36(2)29(31(39)40)28(25)22-8-4-5-9-22/h10-17,20,22H,3-9,18-19H2,1-2H3,(H,34,41)(H,35,38)(H,39,40). The number of amides is 2. The molecule has 2 saturated carbocycles. The summed E-state index contributed by atoms with van der Waals surface area (Å²) in [6.45, 7) is 2.05. The number of carboxylic acid groups (broad SMARTS) is 1. The number of carboxylic acids is 1. The fourth-order valence-corrected chi connectivity index (χ4v) is 6.45. The van der Waals surface area contributed by atoms with E-state index in [9.17, 15) is 24.3 Å². The number of esters is 1. The highest BCUT2D eigenvalue weighted by Crippen LogP contribution is 2.41. The molecular weight excluding hydrogens is 534 g/mol. The van der Waals surface area contributed by atoms with E-state index in [2.05, 4.69) is 10.6 Å². The summed E-state index contributed by atoms with van der Waals surface area (Å²) in [4.78, 5) is 50.9. The lowest BCUT2D eigenvalue weighted by Crippen LogP contribution is -2.55. The average molecular weight is 572 g/mol. The Morgan fingerprint density at radius 3 is 2.36 bits per heavy atom. The highest BCUT2D eigenvalue weighted by molar-refractivity contribution is 6.06. The van der Waals surface area contributed by atoms with Gasteiger partial charge in [0.2, 0.25) is 5.91 Å². The van der Waals surface area contributed by atoms with Gasteiger partial charge in [0.25, 0.3) is 5.91 Å². The minimum Gasteiger partial charge on any atom is -0.477 e. The van der Waals surface area contributed by atoms with E-state index in [0.717, 1.165) is 55.0 Å². The molecule has 2 amide bonds. The first-order chi connectivity index (χ1) is 20.2. The summed E-state index contributed by atoms with van der Waals surface area (Å²) in [5.74, 6) is -1.83. The number of fused-ring (bicyclic) bond motifs is 1. The van der Waals surface area contributed by atoms with Gasteiger partial charge < -0.3 is 25.0 Å². The number of benzene rings is 2. The van der Waals surface area contributed by atoms with Crippen LogP contribution in [0.4, 0.5) is 5.69 Å². The van der Waals surface area contributed by atoms with Gasteiger partial charge in [-0.25, -0.2) is 9.59 Å². The molecule has 0 bridgehead atoms. The molecule has 1 aromatic heterocycles. The largest absolute Gasteiger partial charge is 0.477 e. The fourth-order valence-electron chi connectivity index (χ4n) is 6.45. The molecule has 9 nitrogen and oxygen atoms in total.